The summed E-state index contributed by atoms with van der Waals surface area (Å²) in [6.07, 6.45) is 2.13. The second kappa shape index (κ2) is 7.48. The van der Waals surface area contributed by atoms with Crippen molar-refractivity contribution >= 4 is 11.9 Å². The molecule has 138 valence electrons. The number of aliphatic carboxylic acids is 1. The molecule has 0 radical (unpaired) electrons. The topological polar surface area (TPSA) is 128 Å². The maximum atomic E-state index is 12.8. The molecule has 3 rings (SSSR count). The Hall–Kier alpha value is -3.01. The molecule has 26 heavy (non-hydrogen) atoms. The number of nitrogens with one attached hydrogen (secondary N) is 1. The Morgan fingerprint density at radius 2 is 2.15 bits per heavy atom. The predicted molar refractivity (Wildman–Crippen MR) is 88.2 cm³/mol. The molecule has 1 aromatic heterocycles. The monoisotopic (exact) mass is 361 g/mol. The van der Waals surface area contributed by atoms with Gasteiger partial charge in [0, 0.05) is 18.8 Å². The van der Waals surface area contributed by atoms with Crippen LogP contribution in [0.25, 0.3) is 5.69 Å². The van der Waals surface area contributed by atoms with Gasteiger partial charge in [0.2, 0.25) is 0 Å². The summed E-state index contributed by atoms with van der Waals surface area (Å²) >= 11 is 0. The van der Waals surface area contributed by atoms with Crippen LogP contribution in [0.1, 0.15) is 29.6 Å². The number of hydrogen-bond acceptors (Lipinski definition) is 7. The molecule has 10 heteroatoms. The Labute approximate surface area is 149 Å². The molecule has 1 aliphatic heterocycles. The van der Waals surface area contributed by atoms with Crippen molar-refractivity contribution in [3.63, 3.8) is 0 Å². The minimum absolute atomic E-state index is 0.155. The van der Waals surface area contributed by atoms with Gasteiger partial charge >= 0.3 is 5.97 Å². The van der Waals surface area contributed by atoms with Crippen molar-refractivity contribution in [2.24, 2.45) is 0 Å². The van der Waals surface area contributed by atoms with E-state index in [1.807, 2.05) is 0 Å². The van der Waals surface area contributed by atoms with Crippen LogP contribution in [0, 0.1) is 0 Å². The smallest absolute Gasteiger partial charge is 0.305 e. The molecular weight excluding hydrogens is 342 g/mol. The van der Waals surface area contributed by atoms with Crippen molar-refractivity contribution in [3.8, 4) is 11.4 Å². The van der Waals surface area contributed by atoms with E-state index >= 15 is 0 Å². The van der Waals surface area contributed by atoms with Crippen LogP contribution in [0.15, 0.2) is 24.5 Å². The summed E-state index contributed by atoms with van der Waals surface area (Å²) < 4.78 is 12.0. The van der Waals surface area contributed by atoms with E-state index in [0.29, 0.717) is 43.1 Å². The van der Waals surface area contributed by atoms with E-state index < -0.39 is 11.5 Å². The molecule has 0 bridgehead atoms. The second-order valence-corrected chi connectivity index (χ2v) is 6.06. The SMILES string of the molecule is COc1ccc(C(=O)NC2(CC(=O)O)CCOCC2)cc1-n1cnnn1. The number of carbonyl (C=O) groups is 2. The molecule has 0 atom stereocenters. The summed E-state index contributed by atoms with van der Waals surface area (Å²) in [5.74, 6) is -0.832. The van der Waals surface area contributed by atoms with E-state index in [4.69, 9.17) is 9.47 Å². The molecule has 2 N–H and O–H groups in total. The minimum Gasteiger partial charge on any atom is -0.494 e. The fourth-order valence-electron chi connectivity index (χ4n) is 2.99. The average Bonchev–Trinajstić information content (AvgIpc) is 3.15. The summed E-state index contributed by atoms with van der Waals surface area (Å²) in [7, 11) is 1.51. The first-order chi connectivity index (χ1) is 12.5. The number of carboxylic acid groups (broad SMARTS) is 1. The van der Waals surface area contributed by atoms with E-state index in [1.165, 1.54) is 18.1 Å². The molecule has 0 saturated carbocycles. The zero-order valence-electron chi connectivity index (χ0n) is 14.2. The quantitative estimate of drug-likeness (QED) is 0.758. The highest BCUT2D eigenvalue weighted by molar-refractivity contribution is 5.96. The average molecular weight is 361 g/mol. The van der Waals surface area contributed by atoms with Crippen molar-refractivity contribution in [1.29, 1.82) is 0 Å². The van der Waals surface area contributed by atoms with Gasteiger partial charge in [-0.15, -0.1) is 5.10 Å². The van der Waals surface area contributed by atoms with E-state index in [2.05, 4.69) is 20.8 Å². The number of benzene rings is 1. The number of tetrazole rings is 1. The van der Waals surface area contributed by atoms with Crippen LogP contribution in [0.2, 0.25) is 0 Å². The Morgan fingerprint density at radius 3 is 2.77 bits per heavy atom. The highest BCUT2D eigenvalue weighted by atomic mass is 16.5. The van der Waals surface area contributed by atoms with Gasteiger partial charge in [0.1, 0.15) is 17.8 Å². The predicted octanol–water partition coefficient (Wildman–Crippen LogP) is 0.425. The lowest BCUT2D eigenvalue weighted by Crippen LogP contribution is -2.53. The van der Waals surface area contributed by atoms with Crippen LogP contribution >= 0.6 is 0 Å². The van der Waals surface area contributed by atoms with Crippen molar-refractivity contribution in [1.82, 2.24) is 25.5 Å². The molecule has 1 aromatic carbocycles. The molecule has 1 aliphatic rings. The van der Waals surface area contributed by atoms with Crippen molar-refractivity contribution in [2.45, 2.75) is 24.8 Å². The largest absolute Gasteiger partial charge is 0.494 e. The van der Waals surface area contributed by atoms with Gasteiger partial charge in [0.05, 0.1) is 19.1 Å². The summed E-state index contributed by atoms with van der Waals surface area (Å²) in [6, 6.07) is 4.84. The number of nitrogens with zero attached hydrogens (tertiary/aromatic N) is 4. The fourth-order valence-corrected chi connectivity index (χ4v) is 2.99. The van der Waals surface area contributed by atoms with E-state index in [9.17, 15) is 14.7 Å². The highest BCUT2D eigenvalue weighted by Gasteiger charge is 2.36. The number of rotatable bonds is 6. The van der Waals surface area contributed by atoms with Gasteiger partial charge < -0.3 is 19.9 Å². The first-order valence-electron chi connectivity index (χ1n) is 8.06. The third-order valence-corrected chi connectivity index (χ3v) is 4.36. The molecular formula is C16H19N5O5. The van der Waals surface area contributed by atoms with Crippen molar-refractivity contribution in [2.75, 3.05) is 20.3 Å². The third-order valence-electron chi connectivity index (χ3n) is 4.36. The van der Waals surface area contributed by atoms with Crippen molar-refractivity contribution < 1.29 is 24.2 Å². The molecule has 1 fully saturated rings. The summed E-state index contributed by atoms with van der Waals surface area (Å²) in [6.45, 7) is 0.818. The molecule has 0 aliphatic carbocycles. The Kier molecular flexibility index (Phi) is 5.12. The highest BCUT2D eigenvalue weighted by Crippen LogP contribution is 2.27. The molecule has 2 heterocycles. The Balaban J connectivity index is 1.87. The lowest BCUT2D eigenvalue weighted by molar-refractivity contribution is -0.139. The third kappa shape index (κ3) is 3.80. The number of carboxylic acids is 1. The molecule has 10 nitrogen and oxygen atoms in total. The van der Waals surface area contributed by atoms with Crippen LogP contribution in [0.5, 0.6) is 5.75 Å². The molecule has 1 amide bonds. The molecule has 1 saturated heterocycles. The van der Waals surface area contributed by atoms with Gasteiger partial charge in [-0.2, -0.15) is 4.68 Å². The Bertz CT molecular complexity index is 786. The second-order valence-electron chi connectivity index (χ2n) is 6.06. The Morgan fingerprint density at radius 1 is 1.38 bits per heavy atom. The summed E-state index contributed by atoms with van der Waals surface area (Å²) in [5.41, 5.74) is 0.0350. The zero-order chi connectivity index (χ0) is 18.6. The zero-order valence-corrected chi connectivity index (χ0v) is 14.2. The summed E-state index contributed by atoms with van der Waals surface area (Å²) in [5, 5.41) is 23.1. The molecule has 0 spiro atoms. The van der Waals surface area contributed by atoms with E-state index in [0.717, 1.165) is 0 Å². The maximum Gasteiger partial charge on any atom is 0.305 e. The van der Waals surface area contributed by atoms with Crippen LogP contribution in [-0.2, 0) is 9.53 Å². The number of methoxy groups -OCH3 is 1. The van der Waals surface area contributed by atoms with Crippen LogP contribution < -0.4 is 10.1 Å². The van der Waals surface area contributed by atoms with Gasteiger partial charge in [-0.1, -0.05) is 0 Å². The number of amides is 1. The fraction of sp³-hybridized carbons (Fsp3) is 0.438. The first-order valence-corrected chi connectivity index (χ1v) is 8.06. The standard InChI is InChI=1S/C16H19N5O5/c1-25-13-3-2-11(8-12(13)21-10-17-19-20-21)15(24)18-16(9-14(22)23)4-6-26-7-5-16/h2-3,8,10H,4-7,9H2,1H3,(H,18,24)(H,22,23). The number of aromatic nitrogens is 4. The van der Waals surface area contributed by atoms with Crippen LogP contribution in [0.3, 0.4) is 0 Å². The van der Waals surface area contributed by atoms with Gasteiger partial charge in [-0.25, -0.2) is 0 Å². The normalized spacial score (nSPS) is 16.0. The van der Waals surface area contributed by atoms with Gasteiger partial charge in [-0.3, -0.25) is 9.59 Å². The minimum atomic E-state index is -0.962. The van der Waals surface area contributed by atoms with Crippen molar-refractivity contribution in [3.05, 3.63) is 30.1 Å². The number of ether oxygens (including phenoxy) is 2. The van der Waals surface area contributed by atoms with Gasteiger partial charge in [-0.05, 0) is 41.5 Å². The van der Waals surface area contributed by atoms with Gasteiger partial charge in [0.15, 0.2) is 0 Å². The lowest BCUT2D eigenvalue weighted by Gasteiger charge is -2.36. The maximum absolute atomic E-state index is 12.8. The van der Waals surface area contributed by atoms with Gasteiger partial charge in [0.25, 0.3) is 5.91 Å². The first kappa shape index (κ1) is 17.8. The van der Waals surface area contributed by atoms with E-state index in [1.54, 1.807) is 18.2 Å². The van der Waals surface area contributed by atoms with Crippen LogP contribution in [-0.4, -0.2) is 63.1 Å². The van der Waals surface area contributed by atoms with E-state index in [-0.39, 0.29) is 12.3 Å². The number of carbonyl (C=O) groups excluding carboxylic acids is 1. The summed E-state index contributed by atoms with van der Waals surface area (Å²) in [4.78, 5) is 24.0. The number of hydrogen-bond donors (Lipinski definition) is 2. The van der Waals surface area contributed by atoms with Crippen LogP contribution in [0.4, 0.5) is 0 Å². The lowest BCUT2D eigenvalue weighted by atomic mass is 9.86. The molecule has 2 aromatic rings. The molecule has 0 unspecified atom stereocenters.